The highest BCUT2D eigenvalue weighted by Gasteiger charge is 2.81. The van der Waals surface area contributed by atoms with Gasteiger partial charge in [0, 0.05) is 18.1 Å². The van der Waals surface area contributed by atoms with Crippen LogP contribution in [-0.4, -0.2) is 25.9 Å². The number of hydrogen-bond donors (Lipinski definition) is 1. The van der Waals surface area contributed by atoms with Crippen LogP contribution in [0.25, 0.3) is 0 Å². The van der Waals surface area contributed by atoms with E-state index < -0.39 is 28.6 Å². The summed E-state index contributed by atoms with van der Waals surface area (Å²) in [6, 6.07) is 11.4. The number of benzene rings is 1. The largest absolute Gasteiger partial charge is 0.497 e. The van der Waals surface area contributed by atoms with Crippen LogP contribution in [0.4, 0.5) is 0 Å². The molecule has 1 aromatic rings. The lowest BCUT2D eigenvalue weighted by Crippen LogP contribution is -2.61. The van der Waals surface area contributed by atoms with Crippen molar-refractivity contribution in [2.45, 2.75) is 44.5 Å². The first-order chi connectivity index (χ1) is 14.9. The summed E-state index contributed by atoms with van der Waals surface area (Å²) in [5, 5.41) is 39.8. The molecular formula is C23H24N4O4. The van der Waals surface area contributed by atoms with Crippen molar-refractivity contribution in [2.24, 2.45) is 22.7 Å². The van der Waals surface area contributed by atoms with Gasteiger partial charge in [-0.3, -0.25) is 5.41 Å². The number of methoxy groups -OCH3 is 2. The molecule has 160 valence electrons. The van der Waals surface area contributed by atoms with Crippen molar-refractivity contribution in [1.29, 1.82) is 21.2 Å². The Balaban J connectivity index is 1.97. The van der Waals surface area contributed by atoms with Crippen LogP contribution in [0.1, 0.15) is 44.3 Å². The minimum absolute atomic E-state index is 0.311. The first-order valence-electron chi connectivity index (χ1n) is 10.3. The van der Waals surface area contributed by atoms with E-state index in [0.717, 1.165) is 12.8 Å². The third-order valence-electron chi connectivity index (χ3n) is 7.32. The number of nitriles is 3. The van der Waals surface area contributed by atoms with Gasteiger partial charge in [-0.2, -0.15) is 15.8 Å². The maximum absolute atomic E-state index is 10.4. The summed E-state index contributed by atoms with van der Waals surface area (Å²) in [6.45, 7) is 2.08. The molecule has 0 aromatic heterocycles. The van der Waals surface area contributed by atoms with Gasteiger partial charge < -0.3 is 18.9 Å². The van der Waals surface area contributed by atoms with Crippen LogP contribution in [0, 0.1) is 62.1 Å². The van der Waals surface area contributed by atoms with Crippen molar-refractivity contribution >= 4 is 5.90 Å². The van der Waals surface area contributed by atoms with Crippen LogP contribution < -0.4 is 9.47 Å². The standard InChI is InChI=1S/C23H24N4O4/c1-4-14-7-8-23-18(9-14)22(13-26,20(27)31-23)21(11-24,12-25)19(30-23)16-6-5-15(28-2)10-17(16)29-3/h5-6,10,14,18-19,27H,4,7-9H2,1-3H3. The highest BCUT2D eigenvalue weighted by molar-refractivity contribution is 5.89. The molecule has 0 amide bonds. The van der Waals surface area contributed by atoms with E-state index in [1.54, 1.807) is 18.2 Å². The van der Waals surface area contributed by atoms with Gasteiger partial charge >= 0.3 is 0 Å². The smallest absolute Gasteiger partial charge is 0.217 e. The van der Waals surface area contributed by atoms with E-state index in [9.17, 15) is 15.8 Å². The highest BCUT2D eigenvalue weighted by Crippen LogP contribution is 2.70. The van der Waals surface area contributed by atoms with Gasteiger partial charge in [-0.15, -0.1) is 0 Å². The number of nitrogens with zero attached hydrogens (tertiary/aromatic N) is 3. The molecular weight excluding hydrogens is 396 g/mol. The molecule has 2 bridgehead atoms. The Labute approximate surface area is 181 Å². The molecule has 3 aliphatic rings. The molecule has 1 aromatic carbocycles. The highest BCUT2D eigenvalue weighted by atomic mass is 16.7. The molecule has 5 atom stereocenters. The maximum atomic E-state index is 10.4. The number of rotatable bonds is 4. The van der Waals surface area contributed by atoms with Crippen molar-refractivity contribution < 1.29 is 18.9 Å². The summed E-state index contributed by atoms with van der Waals surface area (Å²) in [6.07, 6.45) is 1.64. The molecule has 2 aliphatic heterocycles. The molecule has 8 nitrogen and oxygen atoms in total. The Morgan fingerprint density at radius 2 is 1.90 bits per heavy atom. The molecule has 0 spiro atoms. The summed E-state index contributed by atoms with van der Waals surface area (Å²) >= 11 is 0. The summed E-state index contributed by atoms with van der Waals surface area (Å²) in [4.78, 5) is 0. The quantitative estimate of drug-likeness (QED) is 0.782. The summed E-state index contributed by atoms with van der Waals surface area (Å²) in [5.41, 5.74) is -3.28. The third kappa shape index (κ3) is 2.44. The van der Waals surface area contributed by atoms with Crippen LogP contribution in [0.15, 0.2) is 18.2 Å². The molecule has 2 saturated heterocycles. The predicted molar refractivity (Wildman–Crippen MR) is 108 cm³/mol. The summed E-state index contributed by atoms with van der Waals surface area (Å²) in [7, 11) is 3.00. The van der Waals surface area contributed by atoms with E-state index in [4.69, 9.17) is 24.4 Å². The Morgan fingerprint density at radius 1 is 1.16 bits per heavy atom. The predicted octanol–water partition coefficient (Wildman–Crippen LogP) is 3.85. The van der Waals surface area contributed by atoms with Crippen LogP contribution in [-0.2, 0) is 9.47 Å². The van der Waals surface area contributed by atoms with Gasteiger partial charge in [-0.25, -0.2) is 0 Å². The van der Waals surface area contributed by atoms with Gasteiger partial charge in [0.05, 0.1) is 38.3 Å². The maximum Gasteiger partial charge on any atom is 0.217 e. The van der Waals surface area contributed by atoms with E-state index in [1.807, 2.05) is 0 Å². The fraction of sp³-hybridized carbons (Fsp3) is 0.565. The first-order valence-corrected chi connectivity index (χ1v) is 10.3. The number of ether oxygens (including phenoxy) is 4. The van der Waals surface area contributed by atoms with Crippen molar-refractivity contribution in [1.82, 2.24) is 0 Å². The monoisotopic (exact) mass is 420 g/mol. The van der Waals surface area contributed by atoms with Gasteiger partial charge in [-0.1, -0.05) is 13.3 Å². The Kier molecular flexibility index (Phi) is 4.84. The topological polar surface area (TPSA) is 132 Å². The first kappa shape index (κ1) is 21.0. The molecule has 3 fully saturated rings. The van der Waals surface area contributed by atoms with Gasteiger partial charge in [-0.05, 0) is 30.9 Å². The third-order valence-corrected chi connectivity index (χ3v) is 7.32. The second-order valence-corrected chi connectivity index (χ2v) is 8.40. The molecule has 2 heterocycles. The van der Waals surface area contributed by atoms with Crippen molar-refractivity contribution in [2.75, 3.05) is 14.2 Å². The minimum atomic E-state index is -1.99. The van der Waals surface area contributed by atoms with E-state index >= 15 is 0 Å². The molecule has 31 heavy (non-hydrogen) atoms. The lowest BCUT2D eigenvalue weighted by Gasteiger charge is -2.52. The molecule has 8 heteroatoms. The zero-order chi connectivity index (χ0) is 22.4. The normalized spacial score (nSPS) is 35.0. The lowest BCUT2D eigenvalue weighted by atomic mass is 9.50. The lowest BCUT2D eigenvalue weighted by molar-refractivity contribution is -0.299. The van der Waals surface area contributed by atoms with Gasteiger partial charge in [0.25, 0.3) is 0 Å². The average molecular weight is 420 g/mol. The second kappa shape index (κ2) is 7.15. The Morgan fingerprint density at radius 3 is 2.48 bits per heavy atom. The van der Waals surface area contributed by atoms with Crippen LogP contribution in [0.3, 0.4) is 0 Å². The zero-order valence-corrected chi connectivity index (χ0v) is 17.8. The SMILES string of the molecule is CCC1CCC23OC(=N)C(C#N)(C2C1)C(C#N)(C#N)C(c1ccc(OC)cc1OC)O3. The van der Waals surface area contributed by atoms with Gasteiger partial charge in [0.15, 0.2) is 5.41 Å². The van der Waals surface area contributed by atoms with Gasteiger partial charge in [0.1, 0.15) is 17.6 Å². The summed E-state index contributed by atoms with van der Waals surface area (Å²) < 4.78 is 23.2. The van der Waals surface area contributed by atoms with Crippen molar-refractivity contribution in [3.05, 3.63) is 23.8 Å². The average Bonchev–Trinajstić information content (AvgIpc) is 3.01. The van der Waals surface area contributed by atoms with Crippen molar-refractivity contribution in [3.8, 4) is 29.7 Å². The fourth-order valence-corrected chi connectivity index (χ4v) is 5.60. The molecule has 4 rings (SSSR count). The van der Waals surface area contributed by atoms with Crippen LogP contribution >= 0.6 is 0 Å². The molecule has 0 radical (unpaired) electrons. The van der Waals surface area contributed by atoms with Crippen LogP contribution in [0.5, 0.6) is 11.5 Å². The molecule has 1 saturated carbocycles. The van der Waals surface area contributed by atoms with E-state index in [2.05, 4.69) is 25.1 Å². The number of hydrogen-bond acceptors (Lipinski definition) is 8. The fourth-order valence-electron chi connectivity index (χ4n) is 5.60. The molecule has 1 aliphatic carbocycles. The van der Waals surface area contributed by atoms with Gasteiger partial charge in [0.2, 0.25) is 17.1 Å². The molecule has 5 unspecified atom stereocenters. The summed E-state index contributed by atoms with van der Waals surface area (Å²) in [5.74, 6) is -0.921. The molecule has 1 N–H and O–H groups in total. The van der Waals surface area contributed by atoms with Crippen LogP contribution in [0.2, 0.25) is 0 Å². The zero-order valence-electron chi connectivity index (χ0n) is 17.8. The Hall–Kier alpha value is -3.28. The van der Waals surface area contributed by atoms with E-state index in [1.165, 1.54) is 14.2 Å². The minimum Gasteiger partial charge on any atom is -0.497 e. The van der Waals surface area contributed by atoms with E-state index in [-0.39, 0.29) is 5.90 Å². The second-order valence-electron chi connectivity index (χ2n) is 8.40. The van der Waals surface area contributed by atoms with E-state index in [0.29, 0.717) is 35.8 Å². The Bertz CT molecular complexity index is 1040. The van der Waals surface area contributed by atoms with Crippen molar-refractivity contribution in [3.63, 3.8) is 0 Å². The number of nitrogens with one attached hydrogen (secondary N) is 1.